The Morgan fingerprint density at radius 3 is 2.58 bits per heavy atom. The second-order valence-corrected chi connectivity index (χ2v) is 7.07. The molecule has 0 spiro atoms. The van der Waals surface area contributed by atoms with Gasteiger partial charge in [-0.3, -0.25) is 9.48 Å². The number of nitrogens with one attached hydrogen (secondary N) is 2. The van der Waals surface area contributed by atoms with Gasteiger partial charge in [0.1, 0.15) is 0 Å². The number of carbonyl (C=O) groups is 1. The number of amides is 1. The standard InChI is InChI=1S/C18H35N5O/c1-15(2)19-12-8-7-10-17-14-23(22-21-17)13-9-5-6-11-18(24)20-16(3)4/h14-16,19H,5-13H2,1-4H3,(H,20,24). The number of hydrogen-bond donors (Lipinski definition) is 2. The zero-order valence-corrected chi connectivity index (χ0v) is 15.8. The van der Waals surface area contributed by atoms with Crippen LogP contribution in [0.2, 0.25) is 0 Å². The molecule has 0 bridgehead atoms. The van der Waals surface area contributed by atoms with Gasteiger partial charge < -0.3 is 10.6 Å². The number of rotatable bonds is 13. The van der Waals surface area contributed by atoms with Gasteiger partial charge in [0.15, 0.2) is 0 Å². The van der Waals surface area contributed by atoms with Gasteiger partial charge in [0.05, 0.1) is 5.69 Å². The summed E-state index contributed by atoms with van der Waals surface area (Å²) in [6.45, 7) is 10.3. The summed E-state index contributed by atoms with van der Waals surface area (Å²) in [6.07, 6.45) is 9.00. The van der Waals surface area contributed by atoms with Crippen molar-refractivity contribution in [1.29, 1.82) is 0 Å². The van der Waals surface area contributed by atoms with Crippen LogP contribution in [0.1, 0.15) is 71.9 Å². The highest BCUT2D eigenvalue weighted by atomic mass is 16.1. The predicted molar refractivity (Wildman–Crippen MR) is 97.8 cm³/mol. The summed E-state index contributed by atoms with van der Waals surface area (Å²) in [6, 6.07) is 0.787. The molecular weight excluding hydrogens is 302 g/mol. The van der Waals surface area contributed by atoms with Crippen molar-refractivity contribution in [2.75, 3.05) is 6.54 Å². The van der Waals surface area contributed by atoms with E-state index in [0.717, 1.165) is 50.9 Å². The van der Waals surface area contributed by atoms with Gasteiger partial charge in [-0.05, 0) is 52.5 Å². The van der Waals surface area contributed by atoms with Crippen molar-refractivity contribution >= 4 is 5.91 Å². The van der Waals surface area contributed by atoms with Crippen LogP contribution in [0.15, 0.2) is 6.20 Å². The molecule has 1 aromatic rings. The molecule has 0 aliphatic carbocycles. The number of carbonyl (C=O) groups excluding carboxylic acids is 1. The lowest BCUT2D eigenvalue weighted by atomic mass is 10.2. The van der Waals surface area contributed by atoms with Crippen LogP contribution in [0, 0.1) is 0 Å². The summed E-state index contributed by atoms with van der Waals surface area (Å²) in [4.78, 5) is 11.5. The number of hydrogen-bond acceptors (Lipinski definition) is 4. The van der Waals surface area contributed by atoms with Crippen LogP contribution in [0.4, 0.5) is 0 Å². The maximum atomic E-state index is 11.5. The lowest BCUT2D eigenvalue weighted by molar-refractivity contribution is -0.121. The first-order valence-corrected chi connectivity index (χ1v) is 9.39. The SMILES string of the molecule is CC(C)NCCCCc1cn(CCCCCC(=O)NC(C)C)nn1. The quantitative estimate of drug-likeness (QED) is 0.543. The third kappa shape index (κ3) is 10.4. The van der Waals surface area contributed by atoms with Crippen LogP contribution >= 0.6 is 0 Å². The topological polar surface area (TPSA) is 71.8 Å². The molecule has 0 aliphatic rings. The first-order chi connectivity index (χ1) is 11.5. The molecule has 0 saturated heterocycles. The number of aromatic nitrogens is 3. The maximum Gasteiger partial charge on any atom is 0.220 e. The summed E-state index contributed by atoms with van der Waals surface area (Å²) in [5.74, 6) is 0.153. The van der Waals surface area contributed by atoms with Crippen molar-refractivity contribution in [1.82, 2.24) is 25.6 Å². The second-order valence-electron chi connectivity index (χ2n) is 7.07. The molecule has 1 amide bonds. The van der Waals surface area contributed by atoms with Crippen LogP contribution in [0.5, 0.6) is 0 Å². The summed E-state index contributed by atoms with van der Waals surface area (Å²) < 4.78 is 1.93. The van der Waals surface area contributed by atoms with E-state index in [-0.39, 0.29) is 11.9 Å². The number of nitrogens with zero attached hydrogens (tertiary/aromatic N) is 3. The monoisotopic (exact) mass is 337 g/mol. The molecule has 0 saturated carbocycles. The fraction of sp³-hybridized carbons (Fsp3) is 0.833. The molecule has 1 heterocycles. The first-order valence-electron chi connectivity index (χ1n) is 9.39. The zero-order valence-electron chi connectivity index (χ0n) is 15.8. The Morgan fingerprint density at radius 1 is 1.08 bits per heavy atom. The highest BCUT2D eigenvalue weighted by molar-refractivity contribution is 5.76. The number of aryl methyl sites for hydroxylation is 2. The fourth-order valence-corrected chi connectivity index (χ4v) is 2.51. The van der Waals surface area contributed by atoms with Crippen LogP contribution in [-0.2, 0) is 17.8 Å². The largest absolute Gasteiger partial charge is 0.354 e. The van der Waals surface area contributed by atoms with E-state index in [9.17, 15) is 4.79 Å². The van der Waals surface area contributed by atoms with E-state index in [1.807, 2.05) is 18.5 Å². The molecular formula is C18H35N5O. The molecule has 138 valence electrons. The minimum absolute atomic E-state index is 0.153. The van der Waals surface area contributed by atoms with E-state index in [0.29, 0.717) is 12.5 Å². The van der Waals surface area contributed by atoms with Crippen molar-refractivity contribution in [3.05, 3.63) is 11.9 Å². The maximum absolute atomic E-state index is 11.5. The van der Waals surface area contributed by atoms with Crippen molar-refractivity contribution in [3.8, 4) is 0 Å². The summed E-state index contributed by atoms with van der Waals surface area (Å²) in [5.41, 5.74) is 1.08. The van der Waals surface area contributed by atoms with Crippen molar-refractivity contribution in [3.63, 3.8) is 0 Å². The van der Waals surface area contributed by atoms with Crippen LogP contribution in [0.3, 0.4) is 0 Å². The Hall–Kier alpha value is -1.43. The molecule has 24 heavy (non-hydrogen) atoms. The Bertz CT molecular complexity index is 456. The van der Waals surface area contributed by atoms with E-state index < -0.39 is 0 Å². The van der Waals surface area contributed by atoms with Crippen molar-refractivity contribution in [2.45, 2.75) is 91.3 Å². The van der Waals surface area contributed by atoms with Gasteiger partial charge in [0, 0.05) is 31.2 Å². The zero-order chi connectivity index (χ0) is 17.8. The van der Waals surface area contributed by atoms with Crippen LogP contribution in [-0.4, -0.2) is 39.5 Å². The highest BCUT2D eigenvalue weighted by Gasteiger charge is 2.04. The third-order valence-electron chi connectivity index (χ3n) is 3.74. The van der Waals surface area contributed by atoms with E-state index in [2.05, 4.69) is 41.0 Å². The fourth-order valence-electron chi connectivity index (χ4n) is 2.51. The van der Waals surface area contributed by atoms with Crippen molar-refractivity contribution in [2.24, 2.45) is 0 Å². The molecule has 0 aliphatic heterocycles. The molecule has 0 unspecified atom stereocenters. The molecule has 6 heteroatoms. The molecule has 0 radical (unpaired) electrons. The van der Waals surface area contributed by atoms with E-state index >= 15 is 0 Å². The van der Waals surface area contributed by atoms with Gasteiger partial charge in [-0.2, -0.15) is 0 Å². The second kappa shape index (κ2) is 12.0. The number of unbranched alkanes of at least 4 members (excludes halogenated alkanes) is 3. The summed E-state index contributed by atoms with van der Waals surface area (Å²) in [5, 5.41) is 14.8. The molecule has 1 rings (SSSR count). The average molecular weight is 338 g/mol. The summed E-state index contributed by atoms with van der Waals surface area (Å²) >= 11 is 0. The van der Waals surface area contributed by atoms with Crippen molar-refractivity contribution < 1.29 is 4.79 Å². The lowest BCUT2D eigenvalue weighted by Crippen LogP contribution is -2.29. The first kappa shape index (κ1) is 20.6. The van der Waals surface area contributed by atoms with Crippen LogP contribution in [0.25, 0.3) is 0 Å². The average Bonchev–Trinajstić information content (AvgIpc) is 2.93. The van der Waals surface area contributed by atoms with E-state index in [1.165, 1.54) is 6.42 Å². The smallest absolute Gasteiger partial charge is 0.220 e. The minimum Gasteiger partial charge on any atom is -0.354 e. The van der Waals surface area contributed by atoms with Gasteiger partial charge in [0.25, 0.3) is 0 Å². The van der Waals surface area contributed by atoms with E-state index in [4.69, 9.17) is 0 Å². The highest BCUT2D eigenvalue weighted by Crippen LogP contribution is 2.05. The summed E-state index contributed by atoms with van der Waals surface area (Å²) in [7, 11) is 0. The van der Waals surface area contributed by atoms with Gasteiger partial charge in [-0.25, -0.2) is 0 Å². The Balaban J connectivity index is 2.06. The Kier molecular flexibility index (Phi) is 10.3. The Labute approximate surface area is 146 Å². The Morgan fingerprint density at radius 2 is 1.88 bits per heavy atom. The molecule has 2 N–H and O–H groups in total. The third-order valence-corrected chi connectivity index (χ3v) is 3.74. The van der Waals surface area contributed by atoms with Gasteiger partial charge >= 0.3 is 0 Å². The normalized spacial score (nSPS) is 11.4. The molecule has 6 nitrogen and oxygen atoms in total. The molecule has 1 aromatic heterocycles. The van der Waals surface area contributed by atoms with Gasteiger partial charge in [0.2, 0.25) is 5.91 Å². The molecule has 0 aromatic carbocycles. The van der Waals surface area contributed by atoms with Crippen LogP contribution < -0.4 is 10.6 Å². The van der Waals surface area contributed by atoms with Gasteiger partial charge in [-0.1, -0.05) is 25.5 Å². The lowest BCUT2D eigenvalue weighted by Gasteiger charge is -2.07. The minimum atomic E-state index is 0.153. The van der Waals surface area contributed by atoms with Gasteiger partial charge in [-0.15, -0.1) is 5.10 Å². The molecule has 0 atom stereocenters. The van der Waals surface area contributed by atoms with E-state index in [1.54, 1.807) is 0 Å². The predicted octanol–water partition coefficient (Wildman–Crippen LogP) is 2.68. The molecule has 0 fully saturated rings.